The van der Waals surface area contributed by atoms with Crippen LogP contribution in [0.5, 0.6) is 11.5 Å². The molecule has 0 aliphatic carbocycles. The third-order valence-electron chi connectivity index (χ3n) is 4.58. The Morgan fingerprint density at radius 3 is 2.53 bits per heavy atom. The minimum Gasteiger partial charge on any atom is -0.493 e. The molecule has 8 nitrogen and oxygen atoms in total. The summed E-state index contributed by atoms with van der Waals surface area (Å²) in [5.41, 5.74) is 1.18. The number of aromatic nitrogens is 3. The third kappa shape index (κ3) is 3.75. The van der Waals surface area contributed by atoms with E-state index in [4.69, 9.17) is 9.47 Å². The van der Waals surface area contributed by atoms with Crippen LogP contribution in [0.3, 0.4) is 0 Å². The summed E-state index contributed by atoms with van der Waals surface area (Å²) in [7, 11) is 1.56. The quantitative estimate of drug-likeness (QED) is 0.513. The monoisotopic (exact) mass is 404 g/mol. The normalized spacial score (nSPS) is 11.8. The number of para-hydroxylation sites is 3. The number of anilines is 1. The molecule has 0 radical (unpaired) electrons. The molecule has 1 atom stereocenters. The number of hydrogen-bond donors (Lipinski definition) is 2. The molecule has 0 bridgehead atoms. The van der Waals surface area contributed by atoms with Gasteiger partial charge in [0.1, 0.15) is 11.7 Å². The minimum atomic E-state index is -0.543. The van der Waals surface area contributed by atoms with E-state index in [-0.39, 0.29) is 22.7 Å². The van der Waals surface area contributed by atoms with Crippen LogP contribution in [0.4, 0.5) is 5.69 Å². The van der Waals surface area contributed by atoms with Crippen molar-refractivity contribution in [3.8, 4) is 11.5 Å². The Labute approximate surface area is 172 Å². The summed E-state index contributed by atoms with van der Waals surface area (Å²) in [5.74, 6) is 0.736. The van der Waals surface area contributed by atoms with Crippen LogP contribution in [0, 0.1) is 0 Å². The number of nitrogens with one attached hydrogen (secondary N) is 2. The molecule has 0 aliphatic heterocycles. The van der Waals surface area contributed by atoms with Crippen molar-refractivity contribution >= 4 is 17.2 Å². The molecule has 0 fully saturated rings. The number of fused-ring (bicyclic) bond motifs is 1. The molecular weight excluding hydrogens is 384 g/mol. The molecule has 0 saturated heterocycles. The van der Waals surface area contributed by atoms with E-state index < -0.39 is 6.10 Å². The fourth-order valence-electron chi connectivity index (χ4n) is 3.06. The molecule has 0 aliphatic rings. The first-order valence-corrected chi connectivity index (χ1v) is 9.34. The highest BCUT2D eigenvalue weighted by Crippen LogP contribution is 2.30. The molecular formula is C22H20N4O4. The highest BCUT2D eigenvalue weighted by Gasteiger charge is 2.19. The second-order valence-electron chi connectivity index (χ2n) is 6.60. The second-order valence-corrected chi connectivity index (χ2v) is 6.60. The molecule has 2 N–H and O–H groups in total. The van der Waals surface area contributed by atoms with E-state index in [0.717, 1.165) is 0 Å². The number of carbonyl (C=O) groups excluding carboxylic acids is 1. The maximum atomic E-state index is 12.7. The number of carbonyl (C=O) groups is 1. The van der Waals surface area contributed by atoms with Crippen molar-refractivity contribution in [1.29, 1.82) is 0 Å². The number of amides is 1. The molecule has 2 aromatic carbocycles. The standard InChI is InChI=1S/C22H20N4O4/c1-14(30-19-11-7-6-10-18(19)29-2)17-12-20(27)26-21(25-17)16(13-23-26)22(28)24-15-8-4-3-5-9-15/h3-14,23H,1-2H3,(H,24,28)/t14-/m1/s1. The van der Waals surface area contributed by atoms with Crippen LogP contribution in [0.25, 0.3) is 5.65 Å². The number of nitrogens with zero attached hydrogens (tertiary/aromatic N) is 2. The van der Waals surface area contributed by atoms with Gasteiger partial charge in [0.25, 0.3) is 11.5 Å². The van der Waals surface area contributed by atoms with E-state index in [1.54, 1.807) is 38.3 Å². The molecule has 4 rings (SSSR count). The van der Waals surface area contributed by atoms with Gasteiger partial charge in [-0.05, 0) is 31.2 Å². The van der Waals surface area contributed by atoms with E-state index in [1.807, 2.05) is 30.3 Å². The van der Waals surface area contributed by atoms with E-state index in [2.05, 4.69) is 15.4 Å². The molecule has 2 heterocycles. The first-order chi connectivity index (χ1) is 14.6. The number of rotatable bonds is 6. The van der Waals surface area contributed by atoms with Crippen molar-refractivity contribution in [2.45, 2.75) is 13.0 Å². The fraction of sp³-hybridized carbons (Fsp3) is 0.136. The van der Waals surface area contributed by atoms with Crippen LogP contribution in [-0.4, -0.2) is 27.6 Å². The Bertz CT molecular complexity index is 1250. The molecule has 30 heavy (non-hydrogen) atoms. The predicted molar refractivity (Wildman–Crippen MR) is 112 cm³/mol. The fourth-order valence-corrected chi connectivity index (χ4v) is 3.06. The zero-order valence-corrected chi connectivity index (χ0v) is 16.5. The highest BCUT2D eigenvalue weighted by atomic mass is 16.5. The summed E-state index contributed by atoms with van der Waals surface area (Å²) >= 11 is 0. The Hall–Kier alpha value is -4.07. The molecule has 2 aromatic heterocycles. The summed E-state index contributed by atoms with van der Waals surface area (Å²) < 4.78 is 12.5. The van der Waals surface area contributed by atoms with Gasteiger partial charge in [0, 0.05) is 18.0 Å². The van der Waals surface area contributed by atoms with E-state index in [1.165, 1.54) is 16.8 Å². The molecule has 0 spiro atoms. The Kier molecular flexibility index (Phi) is 5.21. The predicted octanol–water partition coefficient (Wildman–Crippen LogP) is 3.42. The molecule has 4 aromatic rings. The zero-order chi connectivity index (χ0) is 21.1. The van der Waals surface area contributed by atoms with Gasteiger partial charge in [-0.1, -0.05) is 30.3 Å². The largest absolute Gasteiger partial charge is 0.493 e. The van der Waals surface area contributed by atoms with Crippen LogP contribution in [0.1, 0.15) is 29.1 Å². The van der Waals surface area contributed by atoms with Gasteiger partial charge in [-0.25, -0.2) is 9.50 Å². The molecule has 1 amide bonds. The van der Waals surface area contributed by atoms with E-state index >= 15 is 0 Å². The van der Waals surface area contributed by atoms with E-state index in [9.17, 15) is 9.59 Å². The average molecular weight is 404 g/mol. The van der Waals surface area contributed by atoms with Gasteiger partial charge in [0.05, 0.1) is 12.8 Å². The number of benzene rings is 2. The SMILES string of the molecule is COc1ccccc1O[C@H](C)c1cc(=O)n2[nH]cc(C(=O)Nc3ccccc3)c2n1. The lowest BCUT2D eigenvalue weighted by molar-refractivity contribution is 0.102. The lowest BCUT2D eigenvalue weighted by Crippen LogP contribution is -2.19. The molecule has 0 unspecified atom stereocenters. The van der Waals surface area contributed by atoms with Crippen molar-refractivity contribution in [3.63, 3.8) is 0 Å². The maximum Gasteiger partial charge on any atom is 0.273 e. The topological polar surface area (TPSA) is 97.7 Å². The van der Waals surface area contributed by atoms with Crippen molar-refractivity contribution in [2.24, 2.45) is 0 Å². The number of ether oxygens (including phenoxy) is 2. The molecule has 152 valence electrons. The summed E-state index contributed by atoms with van der Waals surface area (Å²) in [6.07, 6.45) is 0.913. The van der Waals surface area contributed by atoms with Gasteiger partial charge in [0.2, 0.25) is 0 Å². The van der Waals surface area contributed by atoms with Crippen LogP contribution in [0.2, 0.25) is 0 Å². The van der Waals surface area contributed by atoms with Crippen LogP contribution >= 0.6 is 0 Å². The number of aromatic amines is 1. The molecule has 0 saturated carbocycles. The van der Waals surface area contributed by atoms with Gasteiger partial charge < -0.3 is 14.8 Å². The zero-order valence-electron chi connectivity index (χ0n) is 16.5. The first-order valence-electron chi connectivity index (χ1n) is 9.34. The van der Waals surface area contributed by atoms with Gasteiger partial charge in [-0.2, -0.15) is 0 Å². The Morgan fingerprint density at radius 1 is 1.10 bits per heavy atom. The number of hydrogen-bond acceptors (Lipinski definition) is 5. The smallest absolute Gasteiger partial charge is 0.273 e. The maximum absolute atomic E-state index is 12.7. The van der Waals surface area contributed by atoms with Gasteiger partial charge in [0.15, 0.2) is 17.1 Å². The summed E-state index contributed by atoms with van der Waals surface area (Å²) in [4.78, 5) is 29.8. The van der Waals surface area contributed by atoms with Crippen LogP contribution < -0.4 is 20.3 Å². The highest BCUT2D eigenvalue weighted by molar-refractivity contribution is 6.08. The summed E-state index contributed by atoms with van der Waals surface area (Å²) in [6.45, 7) is 1.78. The van der Waals surface area contributed by atoms with Crippen molar-refractivity contribution in [2.75, 3.05) is 12.4 Å². The minimum absolute atomic E-state index is 0.224. The van der Waals surface area contributed by atoms with Gasteiger partial charge in [-0.15, -0.1) is 0 Å². The second kappa shape index (κ2) is 8.12. The third-order valence-corrected chi connectivity index (χ3v) is 4.58. The lowest BCUT2D eigenvalue weighted by atomic mass is 10.2. The van der Waals surface area contributed by atoms with Crippen LogP contribution in [0.15, 0.2) is 71.7 Å². The number of H-pyrrole nitrogens is 1. The number of methoxy groups -OCH3 is 1. The van der Waals surface area contributed by atoms with Crippen molar-refractivity contribution < 1.29 is 14.3 Å². The molecule has 8 heteroatoms. The first kappa shape index (κ1) is 19.3. The summed E-state index contributed by atoms with van der Waals surface area (Å²) in [5, 5.41) is 5.57. The van der Waals surface area contributed by atoms with Gasteiger partial charge >= 0.3 is 0 Å². The van der Waals surface area contributed by atoms with Crippen molar-refractivity contribution in [1.82, 2.24) is 14.6 Å². The summed E-state index contributed by atoms with van der Waals surface area (Å²) in [6, 6.07) is 17.7. The average Bonchev–Trinajstić information content (AvgIpc) is 3.19. The lowest BCUT2D eigenvalue weighted by Gasteiger charge is -2.16. The van der Waals surface area contributed by atoms with Crippen LogP contribution in [-0.2, 0) is 0 Å². The Balaban J connectivity index is 1.66. The van der Waals surface area contributed by atoms with Gasteiger partial charge in [-0.3, -0.25) is 14.7 Å². The van der Waals surface area contributed by atoms with Crippen molar-refractivity contribution in [3.05, 3.63) is 88.5 Å². The Morgan fingerprint density at radius 2 is 1.80 bits per heavy atom. The van der Waals surface area contributed by atoms with E-state index in [0.29, 0.717) is 22.9 Å².